The summed E-state index contributed by atoms with van der Waals surface area (Å²) in [6, 6.07) is 21.1. The van der Waals surface area contributed by atoms with Crippen molar-refractivity contribution in [3.8, 4) is 34.5 Å². The van der Waals surface area contributed by atoms with Crippen LogP contribution in [0, 0.1) is 0 Å². The first-order chi connectivity index (χ1) is 26.8. The van der Waals surface area contributed by atoms with Crippen LogP contribution >= 0.6 is 0 Å². The van der Waals surface area contributed by atoms with Gasteiger partial charge in [-0.3, -0.25) is 4.55 Å². The van der Waals surface area contributed by atoms with Gasteiger partial charge in [0, 0.05) is 0 Å². The number of aryl methyl sites for hydroxylation is 2. The van der Waals surface area contributed by atoms with Crippen LogP contribution in [0.25, 0.3) is 0 Å². The predicted molar refractivity (Wildman–Crippen MR) is 223 cm³/mol. The number of hydrogen-bond acceptors (Lipinski definition) is 9. The van der Waals surface area contributed by atoms with E-state index in [4.69, 9.17) is 9.47 Å². The number of ether oxygens (including phenoxy) is 2. The second-order valence-electron chi connectivity index (χ2n) is 14.1. The van der Waals surface area contributed by atoms with Crippen molar-refractivity contribution in [3.63, 3.8) is 0 Å². The Bertz CT molecular complexity index is 1810. The standard InChI is InChI=1S/2C22H30O5S.Ca/c2*1-2-3-4-5-6-7-8-9-10-18-17-21(15-16-22(18)28(24,25)26)27-20-13-11-19(23)12-14-20;/h2*11-17,23H,2-10H2,1H3,(H,24,25,26);/q;;+2/p-2. The first-order valence-corrected chi connectivity index (χ1v) is 22.8. The van der Waals surface area contributed by atoms with Crippen LogP contribution in [0.5, 0.6) is 34.5 Å². The van der Waals surface area contributed by atoms with Gasteiger partial charge in [0.05, 0.1) is 9.79 Å². The molecule has 0 amide bonds. The smallest absolute Gasteiger partial charge is 0.872 e. The van der Waals surface area contributed by atoms with Gasteiger partial charge >= 0.3 is 37.7 Å². The van der Waals surface area contributed by atoms with Crippen molar-refractivity contribution in [3.05, 3.63) is 96.1 Å². The molecular weight excluding hydrogens is 793 g/mol. The average Bonchev–Trinajstić information content (AvgIpc) is 3.15. The monoisotopic (exact) mass is 850 g/mol. The second-order valence-corrected chi connectivity index (χ2v) is 16.8. The van der Waals surface area contributed by atoms with E-state index in [-0.39, 0.29) is 59.0 Å². The Labute approximate surface area is 370 Å². The minimum atomic E-state index is -4.53. The molecule has 0 unspecified atom stereocenters. The van der Waals surface area contributed by atoms with E-state index < -0.39 is 20.2 Å². The summed E-state index contributed by atoms with van der Waals surface area (Å²) in [5, 5.41) is 20.5. The molecule has 0 radical (unpaired) electrons. The molecule has 2 N–H and O–H groups in total. The third kappa shape index (κ3) is 20.1. The molecular formula is C44H58CaO10S2. The molecule has 0 spiro atoms. The Balaban J connectivity index is 0.000000387. The maximum Gasteiger partial charge on any atom is 2.00 e. The van der Waals surface area contributed by atoms with Crippen molar-refractivity contribution in [1.29, 1.82) is 0 Å². The van der Waals surface area contributed by atoms with Crippen LogP contribution in [0.15, 0.2) is 94.7 Å². The number of rotatable bonds is 24. The van der Waals surface area contributed by atoms with E-state index in [2.05, 4.69) is 13.8 Å². The van der Waals surface area contributed by atoms with Crippen molar-refractivity contribution in [2.24, 2.45) is 0 Å². The number of phenols is 1. The normalized spacial score (nSPS) is 11.3. The van der Waals surface area contributed by atoms with Crippen molar-refractivity contribution in [2.45, 2.75) is 139 Å². The summed E-state index contributed by atoms with van der Waals surface area (Å²) >= 11 is 0. The Morgan fingerprint density at radius 2 is 0.860 bits per heavy atom. The maximum atomic E-state index is 11.7. The molecule has 0 fully saturated rings. The first kappa shape index (κ1) is 50.3. The fourth-order valence-corrected chi connectivity index (χ4v) is 7.77. The van der Waals surface area contributed by atoms with Gasteiger partial charge in [-0.25, -0.2) is 8.42 Å². The van der Waals surface area contributed by atoms with Crippen LogP contribution in [-0.2, 0) is 33.1 Å². The molecule has 0 saturated carbocycles. The summed E-state index contributed by atoms with van der Waals surface area (Å²) in [5.74, 6) is 1.99. The quantitative estimate of drug-likeness (QED) is 0.0392. The van der Waals surface area contributed by atoms with Crippen molar-refractivity contribution < 1.29 is 45.6 Å². The van der Waals surface area contributed by atoms with Gasteiger partial charge in [-0.05, 0) is 110 Å². The van der Waals surface area contributed by atoms with E-state index in [0.29, 0.717) is 47.0 Å². The van der Waals surface area contributed by atoms with Gasteiger partial charge < -0.3 is 24.2 Å². The van der Waals surface area contributed by atoms with Crippen LogP contribution in [0.3, 0.4) is 0 Å². The Morgan fingerprint density at radius 3 is 1.26 bits per heavy atom. The van der Waals surface area contributed by atoms with E-state index in [9.17, 15) is 36.2 Å². The van der Waals surface area contributed by atoms with E-state index in [1.807, 2.05) is 0 Å². The Morgan fingerprint density at radius 1 is 0.509 bits per heavy atom. The average molecular weight is 851 g/mol. The number of hydrogen-bond donors (Lipinski definition) is 2. The van der Waals surface area contributed by atoms with Crippen LogP contribution in [0.1, 0.15) is 128 Å². The number of unbranched alkanes of at least 4 members (excludes halogenated alkanes) is 14. The molecule has 308 valence electrons. The number of benzene rings is 4. The van der Waals surface area contributed by atoms with Gasteiger partial charge in [-0.1, -0.05) is 116 Å². The molecule has 0 aliphatic carbocycles. The SMILES string of the molecule is CCCCCCCCCCc1cc(Oc2ccc(O)cc2)ccc1S(=O)(=O)O.CCCCCCCCCCc1cc(Oc2ccc([O-])cc2)ccc1S(=O)(=O)[O-].[Ca+2]. The van der Waals surface area contributed by atoms with Crippen LogP contribution in [0.4, 0.5) is 0 Å². The minimum absolute atomic E-state index is 0. The van der Waals surface area contributed by atoms with E-state index in [1.165, 1.54) is 113 Å². The molecule has 0 aliphatic rings. The van der Waals surface area contributed by atoms with Gasteiger partial charge in [0.1, 0.15) is 38.9 Å². The molecule has 4 rings (SSSR count). The molecule has 0 bridgehead atoms. The first-order valence-electron chi connectivity index (χ1n) is 19.9. The van der Waals surface area contributed by atoms with E-state index in [0.717, 1.165) is 38.5 Å². The molecule has 10 nitrogen and oxygen atoms in total. The number of phenolic OH excluding ortho intramolecular Hbond substituents is 1. The van der Waals surface area contributed by atoms with Crippen molar-refractivity contribution in [1.82, 2.24) is 0 Å². The molecule has 0 aromatic heterocycles. The zero-order chi connectivity index (χ0) is 40.8. The Hall–Kier alpha value is -2.84. The van der Waals surface area contributed by atoms with Gasteiger partial charge in [-0.15, -0.1) is 5.75 Å². The minimum Gasteiger partial charge on any atom is -0.872 e. The molecule has 0 heterocycles. The second kappa shape index (κ2) is 27.0. The molecule has 0 saturated heterocycles. The molecule has 4 aromatic rings. The van der Waals surface area contributed by atoms with E-state index in [1.54, 1.807) is 36.4 Å². The summed E-state index contributed by atoms with van der Waals surface area (Å²) in [6.07, 6.45) is 19.5. The summed E-state index contributed by atoms with van der Waals surface area (Å²) in [5.41, 5.74) is 1.05. The molecule has 4 aromatic carbocycles. The topological polar surface area (TPSA) is 173 Å². The molecule has 57 heavy (non-hydrogen) atoms. The third-order valence-corrected chi connectivity index (χ3v) is 11.2. The van der Waals surface area contributed by atoms with Crippen LogP contribution in [-0.4, -0.2) is 68.8 Å². The third-order valence-electron chi connectivity index (χ3n) is 9.34. The van der Waals surface area contributed by atoms with Gasteiger partial charge in [0.15, 0.2) is 0 Å². The Kier molecular flexibility index (Phi) is 23.8. The van der Waals surface area contributed by atoms with Crippen LogP contribution in [0.2, 0.25) is 0 Å². The summed E-state index contributed by atoms with van der Waals surface area (Å²) in [7, 11) is -8.81. The van der Waals surface area contributed by atoms with Crippen molar-refractivity contribution >= 4 is 58.0 Å². The predicted octanol–water partition coefficient (Wildman–Crippen LogP) is 10.9. The van der Waals surface area contributed by atoms with Crippen LogP contribution < -0.4 is 14.6 Å². The van der Waals surface area contributed by atoms with Gasteiger partial charge in [-0.2, -0.15) is 8.42 Å². The maximum absolute atomic E-state index is 11.7. The molecule has 13 heteroatoms. The van der Waals surface area contributed by atoms with E-state index >= 15 is 0 Å². The summed E-state index contributed by atoms with van der Waals surface area (Å²) < 4.78 is 79.0. The summed E-state index contributed by atoms with van der Waals surface area (Å²) in [4.78, 5) is -0.244. The zero-order valence-corrected chi connectivity index (χ0v) is 37.3. The summed E-state index contributed by atoms with van der Waals surface area (Å²) in [6.45, 7) is 4.39. The molecule has 0 aliphatic heterocycles. The fraction of sp³-hybridized carbons (Fsp3) is 0.455. The number of aromatic hydroxyl groups is 1. The molecule has 0 atom stereocenters. The fourth-order valence-electron chi connectivity index (χ4n) is 6.32. The van der Waals surface area contributed by atoms with Crippen molar-refractivity contribution in [2.75, 3.05) is 0 Å². The van der Waals surface area contributed by atoms with Gasteiger partial charge in [0.2, 0.25) is 0 Å². The largest absolute Gasteiger partial charge is 2.00 e. The van der Waals surface area contributed by atoms with Gasteiger partial charge in [0.25, 0.3) is 10.1 Å². The zero-order valence-electron chi connectivity index (χ0n) is 33.5.